The summed E-state index contributed by atoms with van der Waals surface area (Å²) in [5.74, 6) is 2.69. The molecule has 0 saturated heterocycles. The summed E-state index contributed by atoms with van der Waals surface area (Å²) in [6, 6.07) is 2.03. The van der Waals surface area contributed by atoms with E-state index < -0.39 is 19.1 Å². The first kappa shape index (κ1) is 82.8. The van der Waals surface area contributed by atoms with Crippen LogP contribution in [0.1, 0.15) is 200 Å². The Labute approximate surface area is 377 Å². The van der Waals surface area contributed by atoms with Crippen molar-refractivity contribution in [1.82, 2.24) is 0 Å². The van der Waals surface area contributed by atoms with Crippen LogP contribution in [0, 0.1) is 35.0 Å². The standard InChI is InChI=1S/C6H12O.2C5H12O.C4H7F3O.C4H8F2O.C4H7N.C4H10O.3C4H10.C3H7Cl/c1-5(2)7-6-3-4-6;2*1-4-6-5(2)3;1-3(2)8-4(5,6)7;1-3(2)7-4(5)6;1-4(2)3-5;1-4(2)5-3;3*1-4(2)3;1-3(2)4/h5-6H,3-4H2,1-2H3;2*5H,4H2,1-3H3;3H,1-2H3;3-4H,1-2H3;4H,1-2H3;4H,1-3H3;3*4H,1-3H3;3H,1-2H3. The predicted molar refractivity (Wildman–Crippen MR) is 252 cm³/mol. The number of nitriles is 1. The summed E-state index contributed by atoms with van der Waals surface area (Å²) in [7, 11) is 1.70. The lowest BCUT2D eigenvalue weighted by Gasteiger charge is -2.08. The van der Waals surface area contributed by atoms with Crippen molar-refractivity contribution in [3.63, 3.8) is 0 Å². The fraction of sp³-hybridized carbons (Fsp3) is 0.979. The average molecular weight is 911 g/mol. The first-order chi connectivity index (χ1) is 26.8. The molecule has 1 aliphatic rings. The molecule has 0 heterocycles. The van der Waals surface area contributed by atoms with Gasteiger partial charge in [0, 0.05) is 31.6 Å². The predicted octanol–water partition coefficient (Wildman–Crippen LogP) is 16.8. The molecule has 0 amide bonds. The molecular weight excluding hydrogens is 805 g/mol. The van der Waals surface area contributed by atoms with Gasteiger partial charge in [0.1, 0.15) is 0 Å². The van der Waals surface area contributed by atoms with Crippen LogP contribution in [0.2, 0.25) is 0 Å². The van der Waals surface area contributed by atoms with Gasteiger partial charge in [-0.1, -0.05) is 62.3 Å². The van der Waals surface area contributed by atoms with Gasteiger partial charge in [0.25, 0.3) is 0 Å². The second kappa shape index (κ2) is 62.5. The Morgan fingerprint density at radius 2 is 0.800 bits per heavy atom. The highest BCUT2D eigenvalue weighted by atomic mass is 35.5. The maximum Gasteiger partial charge on any atom is 0.522 e. The lowest BCUT2D eigenvalue weighted by atomic mass is 10.3. The number of rotatable bonds is 10. The molecule has 376 valence electrons. The third kappa shape index (κ3) is 285. The zero-order valence-electron chi connectivity index (χ0n) is 44.5. The first-order valence-corrected chi connectivity index (χ1v) is 22.4. The van der Waals surface area contributed by atoms with E-state index in [1.807, 2.05) is 89.2 Å². The van der Waals surface area contributed by atoms with Crippen LogP contribution in [0.15, 0.2) is 0 Å². The van der Waals surface area contributed by atoms with Crippen LogP contribution in [-0.2, 0) is 28.4 Å². The fourth-order valence-electron chi connectivity index (χ4n) is 1.73. The minimum Gasteiger partial charge on any atom is -0.382 e. The van der Waals surface area contributed by atoms with Crippen molar-refractivity contribution in [1.29, 1.82) is 5.26 Å². The van der Waals surface area contributed by atoms with Crippen molar-refractivity contribution < 1.29 is 50.4 Å². The number of methoxy groups -OCH3 is 1. The molecule has 0 aliphatic heterocycles. The quantitative estimate of drug-likeness (QED) is 0.160. The Bertz CT molecular complexity index is 681. The third-order valence-electron chi connectivity index (χ3n) is 3.46. The lowest BCUT2D eigenvalue weighted by molar-refractivity contribution is -0.338. The molecule has 0 atom stereocenters. The minimum atomic E-state index is -4.48. The smallest absolute Gasteiger partial charge is 0.382 e. The van der Waals surface area contributed by atoms with Crippen molar-refractivity contribution in [2.75, 3.05) is 20.3 Å². The van der Waals surface area contributed by atoms with E-state index in [-0.39, 0.29) is 12.0 Å². The second-order valence-electron chi connectivity index (χ2n) is 17.2. The van der Waals surface area contributed by atoms with Crippen molar-refractivity contribution >= 4 is 11.6 Å². The number of ether oxygens (including phenoxy) is 6. The Kier molecular flexibility index (Phi) is 86.3. The van der Waals surface area contributed by atoms with Crippen LogP contribution in [0.25, 0.3) is 0 Å². The van der Waals surface area contributed by atoms with E-state index in [1.54, 1.807) is 21.0 Å². The van der Waals surface area contributed by atoms with Crippen molar-refractivity contribution in [2.24, 2.45) is 23.7 Å². The first-order valence-electron chi connectivity index (χ1n) is 22.0. The van der Waals surface area contributed by atoms with Gasteiger partial charge in [-0.3, -0.25) is 4.74 Å². The molecule has 1 rings (SSSR count). The molecule has 0 unspecified atom stereocenters. The molecule has 1 fully saturated rings. The highest BCUT2D eigenvalue weighted by molar-refractivity contribution is 6.20. The van der Waals surface area contributed by atoms with Crippen LogP contribution >= 0.6 is 11.6 Å². The maximum atomic E-state index is 11.1. The number of nitrogens with zero attached hydrogens (tertiary/aromatic N) is 1. The van der Waals surface area contributed by atoms with E-state index in [0.29, 0.717) is 35.9 Å². The van der Waals surface area contributed by atoms with Gasteiger partial charge in [0.15, 0.2) is 0 Å². The highest BCUT2D eigenvalue weighted by Crippen LogP contribution is 2.24. The van der Waals surface area contributed by atoms with Crippen LogP contribution in [0.5, 0.6) is 0 Å². The molecule has 1 aliphatic carbocycles. The van der Waals surface area contributed by atoms with Crippen LogP contribution in [0.3, 0.4) is 0 Å². The van der Waals surface area contributed by atoms with Crippen LogP contribution in [0.4, 0.5) is 22.0 Å². The summed E-state index contributed by atoms with van der Waals surface area (Å²) >= 11 is 5.27. The number of hydrogen-bond donors (Lipinski definition) is 0. The van der Waals surface area contributed by atoms with E-state index in [1.165, 1.54) is 26.7 Å². The Hall–Kier alpha value is -0.810. The normalized spacial score (nSPS) is 11.3. The summed E-state index contributed by atoms with van der Waals surface area (Å²) in [6.45, 7) is 52.2. The number of hydrogen-bond acceptors (Lipinski definition) is 7. The summed E-state index contributed by atoms with van der Waals surface area (Å²) in [6.07, 6.45) is -0.813. The maximum absolute atomic E-state index is 11.1. The zero-order valence-corrected chi connectivity index (χ0v) is 45.3. The monoisotopic (exact) mass is 910 g/mol. The van der Waals surface area contributed by atoms with Gasteiger partial charge in [-0.25, -0.2) is 0 Å². The van der Waals surface area contributed by atoms with E-state index >= 15 is 0 Å². The van der Waals surface area contributed by atoms with Gasteiger partial charge < -0.3 is 23.7 Å². The Morgan fingerprint density at radius 1 is 0.550 bits per heavy atom. The lowest BCUT2D eigenvalue weighted by Crippen LogP contribution is -2.18. The molecule has 7 nitrogen and oxygen atoms in total. The number of alkyl halides is 6. The fourth-order valence-corrected chi connectivity index (χ4v) is 1.73. The minimum absolute atomic E-state index is 0.190. The van der Waals surface area contributed by atoms with Crippen molar-refractivity contribution in [2.45, 2.75) is 261 Å². The van der Waals surface area contributed by atoms with Crippen LogP contribution in [-0.4, -0.2) is 81.4 Å². The van der Waals surface area contributed by atoms with Gasteiger partial charge >= 0.3 is 13.0 Å². The summed E-state index contributed by atoms with van der Waals surface area (Å²) in [4.78, 5) is 0. The highest BCUT2D eigenvalue weighted by Gasteiger charge is 2.30. The van der Waals surface area contributed by atoms with Gasteiger partial charge in [-0.2, -0.15) is 14.0 Å². The van der Waals surface area contributed by atoms with Crippen LogP contribution < -0.4 is 0 Å². The van der Waals surface area contributed by atoms with Crippen molar-refractivity contribution in [3.05, 3.63) is 0 Å². The topological polar surface area (TPSA) is 79.2 Å². The van der Waals surface area contributed by atoms with Gasteiger partial charge in [0.2, 0.25) is 0 Å². The summed E-state index contributed by atoms with van der Waals surface area (Å²) in [5.41, 5.74) is 0. The van der Waals surface area contributed by atoms with Gasteiger partial charge in [-0.15, -0.1) is 24.8 Å². The average Bonchev–Trinajstić information content (AvgIpc) is 3.79. The molecule has 0 aromatic carbocycles. The molecule has 0 N–H and O–H groups in total. The van der Waals surface area contributed by atoms with E-state index in [4.69, 9.17) is 35.8 Å². The van der Waals surface area contributed by atoms with Gasteiger partial charge in [0.05, 0.1) is 48.8 Å². The van der Waals surface area contributed by atoms with Crippen molar-refractivity contribution in [3.8, 4) is 6.07 Å². The molecule has 13 heteroatoms. The SMILES string of the molecule is CC(C)C.CC(C)C.CC(C)C.CC(C)C#N.CC(C)Cl.CC(C)OC(F)(F)F.CC(C)OC(F)F.CC(C)OC1CC1.CCOC(C)C.CCOC(C)C.COC(C)C. The zero-order chi connectivity index (χ0) is 50.8. The Morgan fingerprint density at radius 3 is 0.817 bits per heavy atom. The molecule has 1 saturated carbocycles. The largest absolute Gasteiger partial charge is 0.522 e. The summed E-state index contributed by atoms with van der Waals surface area (Å²) < 4.78 is 82.9. The van der Waals surface area contributed by atoms with E-state index in [0.717, 1.165) is 31.0 Å². The molecule has 0 bridgehead atoms. The summed E-state index contributed by atoms with van der Waals surface area (Å²) in [5, 5.41) is 8.20. The molecular formula is C47H105ClF5NO6. The van der Waals surface area contributed by atoms with Gasteiger partial charge in [-0.05, 0) is 155 Å². The molecule has 0 radical (unpaired) electrons. The molecule has 60 heavy (non-hydrogen) atoms. The second-order valence-corrected chi connectivity index (χ2v) is 18.1. The molecule has 0 aromatic heterocycles. The number of halogens is 6. The molecule has 0 aromatic rings. The molecule has 0 spiro atoms. The Balaban J connectivity index is -0.0000000578. The third-order valence-corrected chi connectivity index (χ3v) is 3.46. The van der Waals surface area contributed by atoms with E-state index in [9.17, 15) is 22.0 Å². The van der Waals surface area contributed by atoms with E-state index in [2.05, 4.69) is 85.6 Å².